The van der Waals surface area contributed by atoms with Gasteiger partial charge in [0.25, 0.3) is 0 Å². The van der Waals surface area contributed by atoms with Crippen LogP contribution in [0.2, 0.25) is 0 Å². The average Bonchev–Trinajstić information content (AvgIpc) is 2.56. The topological polar surface area (TPSA) is 80.7 Å². The molecule has 1 aromatic carbocycles. The van der Waals surface area contributed by atoms with Crippen LogP contribution in [-0.2, 0) is 14.3 Å². The van der Waals surface area contributed by atoms with Gasteiger partial charge in [0.05, 0.1) is 6.10 Å². The number of ether oxygens (including phenoxy) is 1. The van der Waals surface area contributed by atoms with Crippen molar-refractivity contribution in [2.75, 3.05) is 0 Å². The van der Waals surface area contributed by atoms with Crippen LogP contribution >= 0.6 is 0 Å². The van der Waals surface area contributed by atoms with Gasteiger partial charge in [0.1, 0.15) is 0 Å². The summed E-state index contributed by atoms with van der Waals surface area (Å²) in [6, 6.07) is 9.23. The number of ketones is 1. The number of unbranched alkanes of at least 4 members (excludes halogenated alkanes) is 2. The molecule has 0 fully saturated rings. The van der Waals surface area contributed by atoms with E-state index in [-0.39, 0.29) is 17.9 Å². The van der Waals surface area contributed by atoms with Gasteiger partial charge in [0.2, 0.25) is 0 Å². The molecule has 142 valence electrons. The van der Waals surface area contributed by atoms with Crippen molar-refractivity contribution in [2.24, 2.45) is 0 Å². The van der Waals surface area contributed by atoms with Crippen LogP contribution in [0.3, 0.4) is 0 Å². The van der Waals surface area contributed by atoms with E-state index in [0.29, 0.717) is 6.42 Å². The van der Waals surface area contributed by atoms with Gasteiger partial charge in [-0.25, -0.2) is 0 Å². The fourth-order valence-electron chi connectivity index (χ4n) is 1.57. The van der Waals surface area contributed by atoms with E-state index in [1.165, 1.54) is 6.92 Å². The number of carboxylic acid groups (broad SMARTS) is 1. The lowest BCUT2D eigenvalue weighted by Gasteiger charge is -2.06. The van der Waals surface area contributed by atoms with Crippen LogP contribution in [0, 0.1) is 0 Å². The van der Waals surface area contributed by atoms with E-state index in [0.717, 1.165) is 31.2 Å². The van der Waals surface area contributed by atoms with Crippen molar-refractivity contribution in [3.8, 4) is 0 Å². The molecule has 0 aliphatic rings. The Morgan fingerprint density at radius 3 is 1.88 bits per heavy atom. The maximum atomic E-state index is 10.6. The third-order valence-corrected chi connectivity index (χ3v) is 3.12. The molecule has 5 nitrogen and oxygen atoms in total. The Morgan fingerprint density at radius 1 is 1.04 bits per heavy atom. The monoisotopic (exact) mass is 352 g/mol. The second-order valence-electron chi connectivity index (χ2n) is 5.60. The molecular formula is C20H32O5. The first-order valence-corrected chi connectivity index (χ1v) is 8.69. The molecule has 0 aromatic heterocycles. The van der Waals surface area contributed by atoms with Crippen LogP contribution in [0.1, 0.15) is 77.1 Å². The van der Waals surface area contributed by atoms with Gasteiger partial charge >= 0.3 is 11.9 Å². The van der Waals surface area contributed by atoms with Crippen molar-refractivity contribution in [1.29, 1.82) is 0 Å². The maximum Gasteiger partial charge on any atom is 0.303 e. The lowest BCUT2D eigenvalue weighted by atomic mass is 10.2. The lowest BCUT2D eigenvalue weighted by Crippen LogP contribution is -2.09. The SMILES string of the molecule is CC(=O)c1ccccc1.CCC(C)OC(C)=O.CCCCCC(=O)O. The molecule has 0 saturated carbocycles. The van der Waals surface area contributed by atoms with Crippen molar-refractivity contribution >= 4 is 17.7 Å². The maximum absolute atomic E-state index is 10.6. The van der Waals surface area contributed by atoms with E-state index in [4.69, 9.17) is 9.84 Å². The van der Waals surface area contributed by atoms with E-state index in [2.05, 4.69) is 6.92 Å². The van der Waals surface area contributed by atoms with Gasteiger partial charge in [-0.3, -0.25) is 14.4 Å². The Labute approximate surface area is 151 Å². The zero-order valence-electron chi connectivity index (χ0n) is 16.1. The van der Waals surface area contributed by atoms with Gasteiger partial charge in [-0.05, 0) is 26.7 Å². The van der Waals surface area contributed by atoms with E-state index >= 15 is 0 Å². The third-order valence-electron chi connectivity index (χ3n) is 3.12. The molecule has 1 unspecified atom stereocenters. The second kappa shape index (κ2) is 16.7. The van der Waals surface area contributed by atoms with Gasteiger partial charge in [-0.2, -0.15) is 0 Å². The molecule has 0 aliphatic carbocycles. The van der Waals surface area contributed by atoms with Crippen LogP contribution in [-0.4, -0.2) is 28.9 Å². The highest BCUT2D eigenvalue weighted by Gasteiger charge is 1.99. The molecule has 1 rings (SSSR count). The van der Waals surface area contributed by atoms with Crippen LogP contribution in [0.25, 0.3) is 0 Å². The van der Waals surface area contributed by atoms with Gasteiger partial charge in [-0.1, -0.05) is 57.0 Å². The Kier molecular flexibility index (Phi) is 16.7. The van der Waals surface area contributed by atoms with E-state index in [1.807, 2.05) is 44.2 Å². The number of hydrogen-bond donors (Lipinski definition) is 1. The van der Waals surface area contributed by atoms with Gasteiger partial charge in [0, 0.05) is 18.9 Å². The standard InChI is InChI=1S/C8H8O.2C6H12O2/c1-7(9)8-5-3-2-4-6-8;1-4-5(2)8-6(3)7;1-2-3-4-5-6(7)8/h2-6H,1H3;5H,4H2,1-3H3;2-5H2,1H3,(H,7,8). The van der Waals surface area contributed by atoms with Crippen molar-refractivity contribution in [3.63, 3.8) is 0 Å². The summed E-state index contributed by atoms with van der Waals surface area (Å²) in [5.74, 6) is -0.756. The van der Waals surface area contributed by atoms with Crippen LogP contribution < -0.4 is 0 Å². The fraction of sp³-hybridized carbons (Fsp3) is 0.550. The predicted molar refractivity (Wildman–Crippen MR) is 99.7 cm³/mol. The van der Waals surface area contributed by atoms with Gasteiger partial charge < -0.3 is 9.84 Å². The number of rotatable bonds is 7. The first kappa shape index (κ1) is 25.1. The zero-order chi connectivity index (χ0) is 19.7. The minimum Gasteiger partial charge on any atom is -0.481 e. The number of aliphatic carboxylic acids is 1. The molecule has 0 radical (unpaired) electrons. The van der Waals surface area contributed by atoms with Crippen LogP contribution in [0.5, 0.6) is 0 Å². The zero-order valence-corrected chi connectivity index (χ0v) is 16.1. The van der Waals surface area contributed by atoms with Crippen LogP contribution in [0.4, 0.5) is 0 Å². The molecule has 0 spiro atoms. The molecule has 5 heteroatoms. The molecule has 1 atom stereocenters. The molecule has 1 aromatic rings. The predicted octanol–water partition coefficient (Wildman–Crippen LogP) is 4.89. The number of esters is 1. The molecule has 25 heavy (non-hydrogen) atoms. The highest BCUT2D eigenvalue weighted by molar-refractivity contribution is 5.93. The number of carbonyl (C=O) groups is 3. The Hall–Kier alpha value is -2.17. The summed E-state index contributed by atoms with van der Waals surface area (Å²) >= 11 is 0. The summed E-state index contributed by atoms with van der Waals surface area (Å²) in [7, 11) is 0. The number of benzene rings is 1. The van der Waals surface area contributed by atoms with Crippen molar-refractivity contribution < 1.29 is 24.2 Å². The number of Topliss-reactive ketones (excluding diaryl/α,β-unsaturated/α-hetero) is 1. The minimum atomic E-state index is -0.682. The van der Waals surface area contributed by atoms with Gasteiger partial charge in [-0.15, -0.1) is 0 Å². The summed E-state index contributed by atoms with van der Waals surface area (Å²) in [6.07, 6.45) is 4.24. The molecule has 0 bridgehead atoms. The number of hydrogen-bond acceptors (Lipinski definition) is 4. The quantitative estimate of drug-likeness (QED) is 0.429. The molecule has 0 amide bonds. The Bertz CT molecular complexity index is 482. The van der Waals surface area contributed by atoms with E-state index in [9.17, 15) is 14.4 Å². The molecule has 1 N–H and O–H groups in total. The molecule has 0 aliphatic heterocycles. The summed E-state index contributed by atoms with van der Waals surface area (Å²) in [6.45, 7) is 8.90. The highest BCUT2D eigenvalue weighted by Crippen LogP contribution is 1.98. The minimum absolute atomic E-state index is 0.0764. The summed E-state index contributed by atoms with van der Waals surface area (Å²) in [5.41, 5.74) is 0.775. The second-order valence-corrected chi connectivity index (χ2v) is 5.60. The van der Waals surface area contributed by atoms with E-state index < -0.39 is 5.97 Å². The molecule has 0 heterocycles. The van der Waals surface area contributed by atoms with Gasteiger partial charge in [0.15, 0.2) is 5.78 Å². The smallest absolute Gasteiger partial charge is 0.303 e. The molecule has 0 saturated heterocycles. The van der Waals surface area contributed by atoms with Crippen molar-refractivity contribution in [3.05, 3.63) is 35.9 Å². The third kappa shape index (κ3) is 19.8. The Morgan fingerprint density at radius 2 is 1.60 bits per heavy atom. The highest BCUT2D eigenvalue weighted by atomic mass is 16.5. The largest absolute Gasteiger partial charge is 0.481 e. The average molecular weight is 352 g/mol. The first-order chi connectivity index (χ1) is 11.7. The van der Waals surface area contributed by atoms with E-state index in [1.54, 1.807) is 6.92 Å². The Balaban J connectivity index is 0. The van der Waals surface area contributed by atoms with Crippen molar-refractivity contribution in [1.82, 2.24) is 0 Å². The van der Waals surface area contributed by atoms with Crippen LogP contribution in [0.15, 0.2) is 30.3 Å². The summed E-state index contributed by atoms with van der Waals surface area (Å²) in [4.78, 5) is 30.7. The number of carboxylic acids is 1. The fourth-order valence-corrected chi connectivity index (χ4v) is 1.57. The summed E-state index contributed by atoms with van der Waals surface area (Å²) in [5, 5.41) is 8.14. The normalized spacial score (nSPS) is 10.3. The van der Waals surface area contributed by atoms with Crippen molar-refractivity contribution in [2.45, 2.75) is 72.8 Å². The number of carbonyl (C=O) groups excluding carboxylic acids is 2. The molecular weight excluding hydrogens is 320 g/mol. The summed E-state index contributed by atoms with van der Waals surface area (Å²) < 4.78 is 4.76. The first-order valence-electron chi connectivity index (χ1n) is 8.69. The lowest BCUT2D eigenvalue weighted by molar-refractivity contribution is -0.145.